The van der Waals surface area contributed by atoms with Gasteiger partial charge in [0.05, 0.1) is 34.8 Å². The molecule has 4 rings (SSSR count). The molecule has 2 aromatic rings. The SMILES string of the molecule is Cc1ncsc1-c1ccc([C@H](C)NC(=O)[C@@H]2C[C@H](O)CN2C(=O)[C@@H](NC(=O)COCC2CCNCC2)C(C)(C)C)cc1. The largest absolute Gasteiger partial charge is 0.391 e. The van der Waals surface area contributed by atoms with Crippen molar-refractivity contribution in [3.05, 3.63) is 41.0 Å². The zero-order valence-corrected chi connectivity index (χ0v) is 26.1. The molecule has 2 aliphatic heterocycles. The van der Waals surface area contributed by atoms with Crippen LogP contribution in [0.25, 0.3) is 10.4 Å². The zero-order chi connectivity index (χ0) is 30.4. The average Bonchev–Trinajstić information content (AvgIpc) is 3.56. The first kappa shape index (κ1) is 32.1. The van der Waals surface area contributed by atoms with Crippen LogP contribution < -0.4 is 16.0 Å². The maximum absolute atomic E-state index is 13.8. The van der Waals surface area contributed by atoms with E-state index in [1.165, 1.54) is 4.90 Å². The Morgan fingerprint density at radius 2 is 1.86 bits per heavy atom. The van der Waals surface area contributed by atoms with Gasteiger partial charge in [0.15, 0.2) is 0 Å². The predicted octanol–water partition coefficient (Wildman–Crippen LogP) is 2.80. The molecule has 0 saturated carbocycles. The van der Waals surface area contributed by atoms with Crippen molar-refractivity contribution in [2.75, 3.05) is 32.8 Å². The fraction of sp³-hybridized carbons (Fsp3) is 0.613. The lowest BCUT2D eigenvalue weighted by atomic mass is 9.85. The molecule has 0 aliphatic carbocycles. The molecule has 0 bridgehead atoms. The summed E-state index contributed by atoms with van der Waals surface area (Å²) in [4.78, 5) is 46.9. The molecule has 230 valence electrons. The van der Waals surface area contributed by atoms with Crippen LogP contribution in [0.2, 0.25) is 0 Å². The quantitative estimate of drug-likeness (QED) is 0.330. The number of likely N-dealkylation sites (tertiary alicyclic amines) is 1. The van der Waals surface area contributed by atoms with Crippen molar-refractivity contribution in [1.82, 2.24) is 25.8 Å². The molecule has 4 atom stereocenters. The minimum absolute atomic E-state index is 0.0306. The van der Waals surface area contributed by atoms with E-state index in [-0.39, 0.29) is 43.3 Å². The topological polar surface area (TPSA) is 133 Å². The van der Waals surface area contributed by atoms with Gasteiger partial charge in [-0.2, -0.15) is 0 Å². The van der Waals surface area contributed by atoms with Gasteiger partial charge in [-0.15, -0.1) is 11.3 Å². The highest BCUT2D eigenvalue weighted by Crippen LogP contribution is 2.29. The first-order valence-corrected chi connectivity index (χ1v) is 15.7. The number of nitrogens with one attached hydrogen (secondary N) is 3. The van der Waals surface area contributed by atoms with E-state index in [4.69, 9.17) is 4.74 Å². The second kappa shape index (κ2) is 14.1. The van der Waals surface area contributed by atoms with Crippen molar-refractivity contribution in [3.63, 3.8) is 0 Å². The number of nitrogens with zero attached hydrogens (tertiary/aromatic N) is 2. The fourth-order valence-corrected chi connectivity index (χ4v) is 6.40. The van der Waals surface area contributed by atoms with Crippen LogP contribution in [0, 0.1) is 18.3 Å². The highest BCUT2D eigenvalue weighted by Gasteiger charge is 2.44. The Kier molecular flexibility index (Phi) is 10.7. The number of ether oxygens (including phenoxy) is 1. The summed E-state index contributed by atoms with van der Waals surface area (Å²) >= 11 is 1.59. The molecular weight excluding hydrogens is 554 g/mol. The molecule has 1 aromatic heterocycles. The van der Waals surface area contributed by atoms with E-state index < -0.39 is 23.6 Å². The van der Waals surface area contributed by atoms with Crippen molar-refractivity contribution >= 4 is 29.1 Å². The van der Waals surface area contributed by atoms with Crippen molar-refractivity contribution in [2.45, 2.75) is 78.1 Å². The summed E-state index contributed by atoms with van der Waals surface area (Å²) in [5.74, 6) is -0.669. The van der Waals surface area contributed by atoms with Crippen molar-refractivity contribution < 1.29 is 24.2 Å². The van der Waals surface area contributed by atoms with Gasteiger partial charge in [0.25, 0.3) is 0 Å². The molecule has 0 unspecified atom stereocenters. The Bertz CT molecular complexity index is 1220. The van der Waals surface area contributed by atoms with Gasteiger partial charge in [-0.05, 0) is 62.2 Å². The summed E-state index contributed by atoms with van der Waals surface area (Å²) in [7, 11) is 0. The van der Waals surface area contributed by atoms with Gasteiger partial charge in [-0.1, -0.05) is 45.0 Å². The number of aliphatic hydroxyl groups is 1. The maximum atomic E-state index is 13.8. The Morgan fingerprint density at radius 3 is 2.48 bits per heavy atom. The number of carbonyl (C=O) groups excluding carboxylic acids is 3. The molecule has 3 amide bonds. The average molecular weight is 600 g/mol. The summed E-state index contributed by atoms with van der Waals surface area (Å²) in [5.41, 5.74) is 4.18. The lowest BCUT2D eigenvalue weighted by molar-refractivity contribution is -0.144. The number of hydrogen-bond acceptors (Lipinski definition) is 8. The molecule has 3 heterocycles. The molecule has 2 fully saturated rings. The number of rotatable bonds is 10. The molecule has 2 aliphatic rings. The highest BCUT2D eigenvalue weighted by molar-refractivity contribution is 7.13. The van der Waals surface area contributed by atoms with Gasteiger partial charge in [0, 0.05) is 13.0 Å². The Labute approximate surface area is 252 Å². The zero-order valence-electron chi connectivity index (χ0n) is 25.3. The maximum Gasteiger partial charge on any atom is 0.246 e. The summed E-state index contributed by atoms with van der Waals surface area (Å²) < 4.78 is 5.68. The van der Waals surface area contributed by atoms with E-state index in [0.717, 1.165) is 47.6 Å². The van der Waals surface area contributed by atoms with Gasteiger partial charge in [-0.25, -0.2) is 4.98 Å². The minimum Gasteiger partial charge on any atom is -0.391 e. The van der Waals surface area contributed by atoms with Crippen molar-refractivity contribution in [3.8, 4) is 10.4 Å². The van der Waals surface area contributed by atoms with Gasteiger partial charge in [0.2, 0.25) is 17.7 Å². The van der Waals surface area contributed by atoms with Crippen LogP contribution in [-0.2, 0) is 19.1 Å². The van der Waals surface area contributed by atoms with E-state index in [9.17, 15) is 19.5 Å². The lowest BCUT2D eigenvalue weighted by Crippen LogP contribution is -2.58. The number of aromatic nitrogens is 1. The summed E-state index contributed by atoms with van der Waals surface area (Å²) in [6.45, 7) is 11.8. The van der Waals surface area contributed by atoms with Gasteiger partial charge in [0.1, 0.15) is 18.7 Å². The molecule has 11 heteroatoms. The Morgan fingerprint density at radius 1 is 1.17 bits per heavy atom. The molecule has 42 heavy (non-hydrogen) atoms. The number of aryl methyl sites for hydroxylation is 1. The Hall–Kier alpha value is -2.86. The standard InChI is InChI=1S/C31H45N5O5S/c1-19(22-6-8-23(9-7-22)27-20(2)33-18-42-27)34-29(39)25-14-24(37)15-36(25)30(40)28(31(3,4)5)35-26(38)17-41-16-21-10-12-32-13-11-21/h6-9,18-19,21,24-25,28,32,37H,10-17H2,1-5H3,(H,34,39)(H,35,38)/t19-,24-,25-,28+/m0/s1. The molecule has 4 N–H and O–H groups in total. The van der Waals surface area contributed by atoms with Gasteiger partial charge in [-0.3, -0.25) is 14.4 Å². The molecule has 1 aromatic carbocycles. The van der Waals surface area contributed by atoms with E-state index in [0.29, 0.717) is 12.5 Å². The summed E-state index contributed by atoms with van der Waals surface area (Å²) in [6.07, 6.45) is 1.34. The number of hydrogen-bond donors (Lipinski definition) is 4. The number of carbonyl (C=O) groups is 3. The molecule has 0 spiro atoms. The molecule has 10 nitrogen and oxygen atoms in total. The summed E-state index contributed by atoms with van der Waals surface area (Å²) in [6, 6.07) is 5.95. The third-order valence-corrected chi connectivity index (χ3v) is 9.08. The smallest absolute Gasteiger partial charge is 0.246 e. The monoisotopic (exact) mass is 599 g/mol. The Balaban J connectivity index is 1.37. The van der Waals surface area contributed by atoms with Crippen LogP contribution in [0.5, 0.6) is 0 Å². The van der Waals surface area contributed by atoms with E-state index in [1.807, 2.05) is 64.4 Å². The second-order valence-corrected chi connectivity index (χ2v) is 13.4. The predicted molar refractivity (Wildman–Crippen MR) is 163 cm³/mol. The number of amides is 3. The number of piperidine rings is 1. The van der Waals surface area contributed by atoms with E-state index >= 15 is 0 Å². The first-order chi connectivity index (χ1) is 19.9. The van der Waals surface area contributed by atoms with Crippen LogP contribution in [0.3, 0.4) is 0 Å². The van der Waals surface area contributed by atoms with Crippen molar-refractivity contribution in [2.24, 2.45) is 11.3 Å². The van der Waals surface area contributed by atoms with E-state index in [1.54, 1.807) is 11.3 Å². The highest BCUT2D eigenvalue weighted by atomic mass is 32.1. The lowest BCUT2D eigenvalue weighted by Gasteiger charge is -2.35. The van der Waals surface area contributed by atoms with Crippen LogP contribution >= 0.6 is 11.3 Å². The van der Waals surface area contributed by atoms with Crippen LogP contribution in [0.1, 0.15) is 64.3 Å². The number of β-amino-alcohol motifs (C(OH)–C–C–N with tert-alkyl or cyclic N) is 1. The van der Waals surface area contributed by atoms with Gasteiger partial charge >= 0.3 is 0 Å². The normalized spacial score (nSPS) is 21.1. The van der Waals surface area contributed by atoms with Crippen molar-refractivity contribution in [1.29, 1.82) is 0 Å². The third kappa shape index (κ3) is 8.15. The fourth-order valence-electron chi connectivity index (χ4n) is 5.58. The second-order valence-electron chi connectivity index (χ2n) is 12.6. The number of thiazole rings is 1. The van der Waals surface area contributed by atoms with Crippen LogP contribution in [0.15, 0.2) is 29.8 Å². The first-order valence-electron chi connectivity index (χ1n) is 14.8. The number of benzene rings is 1. The summed E-state index contributed by atoms with van der Waals surface area (Å²) in [5, 5.41) is 19.7. The molecule has 0 radical (unpaired) electrons. The van der Waals surface area contributed by atoms with Crippen LogP contribution in [-0.4, -0.2) is 83.7 Å². The molecular formula is C31H45N5O5S. The van der Waals surface area contributed by atoms with Crippen LogP contribution in [0.4, 0.5) is 0 Å². The molecule has 2 saturated heterocycles. The third-order valence-electron chi connectivity index (χ3n) is 8.11. The van der Waals surface area contributed by atoms with E-state index in [2.05, 4.69) is 20.9 Å². The minimum atomic E-state index is -0.881. The van der Waals surface area contributed by atoms with Gasteiger partial charge < -0.3 is 30.7 Å². The number of aliphatic hydroxyl groups excluding tert-OH is 1.